The van der Waals surface area contributed by atoms with E-state index in [0.717, 1.165) is 28.6 Å². The Morgan fingerprint density at radius 3 is 2.93 bits per heavy atom. The summed E-state index contributed by atoms with van der Waals surface area (Å²) >= 11 is 1.71. The van der Waals surface area contributed by atoms with E-state index in [9.17, 15) is 0 Å². The molecule has 14 heavy (non-hydrogen) atoms. The van der Waals surface area contributed by atoms with Crippen molar-refractivity contribution in [2.45, 2.75) is 19.3 Å². The van der Waals surface area contributed by atoms with Gasteiger partial charge in [-0.2, -0.15) is 5.10 Å². The minimum Gasteiger partial charge on any atom is -0.348 e. The lowest BCUT2D eigenvalue weighted by Crippen LogP contribution is -2.29. The van der Waals surface area contributed by atoms with Crippen LogP contribution in [-0.4, -0.2) is 28.3 Å². The molecular formula is C9H12N4S. The molecule has 0 saturated carbocycles. The number of nitrogens with zero attached hydrogens (tertiary/aromatic N) is 3. The van der Waals surface area contributed by atoms with E-state index in [1.807, 2.05) is 0 Å². The molecule has 0 radical (unpaired) electrons. The Kier molecular flexibility index (Phi) is 1.90. The fourth-order valence-corrected chi connectivity index (χ4v) is 2.80. The van der Waals surface area contributed by atoms with E-state index < -0.39 is 0 Å². The van der Waals surface area contributed by atoms with Crippen molar-refractivity contribution in [3.63, 3.8) is 0 Å². The van der Waals surface area contributed by atoms with Gasteiger partial charge in [-0.3, -0.25) is 5.10 Å². The molecule has 1 aliphatic rings. The summed E-state index contributed by atoms with van der Waals surface area (Å²) in [5.41, 5.74) is 0.996. The van der Waals surface area contributed by atoms with Gasteiger partial charge in [-0.25, -0.2) is 4.98 Å². The predicted molar refractivity (Wildman–Crippen MR) is 57.8 cm³/mol. The van der Waals surface area contributed by atoms with Gasteiger partial charge in [0.2, 0.25) is 0 Å². The maximum atomic E-state index is 4.55. The average molecular weight is 208 g/mol. The number of rotatable bonds is 1. The summed E-state index contributed by atoms with van der Waals surface area (Å²) in [4.78, 5) is 8.01. The van der Waals surface area contributed by atoms with Crippen molar-refractivity contribution in [2.75, 3.05) is 18.0 Å². The van der Waals surface area contributed by atoms with Crippen LogP contribution in [0.25, 0.3) is 10.3 Å². The fourth-order valence-electron chi connectivity index (χ4n) is 1.86. The highest BCUT2D eigenvalue weighted by Crippen LogP contribution is 2.28. The number of nitrogens with one attached hydrogen (secondary N) is 1. The maximum absolute atomic E-state index is 4.55. The summed E-state index contributed by atoms with van der Waals surface area (Å²) in [6.07, 6.45) is 5.75. The van der Waals surface area contributed by atoms with Gasteiger partial charge in [0.05, 0.1) is 6.20 Å². The van der Waals surface area contributed by atoms with Gasteiger partial charge in [-0.1, -0.05) is 11.3 Å². The number of aromatic amines is 1. The Bertz CT molecular complexity index is 398. The zero-order valence-corrected chi connectivity index (χ0v) is 8.68. The van der Waals surface area contributed by atoms with Gasteiger partial charge < -0.3 is 4.90 Å². The molecule has 1 fully saturated rings. The number of H-pyrrole nitrogens is 1. The lowest BCUT2D eigenvalue weighted by molar-refractivity contribution is 0.577. The highest BCUT2D eigenvalue weighted by molar-refractivity contribution is 7.21. The van der Waals surface area contributed by atoms with Crippen LogP contribution in [0.2, 0.25) is 0 Å². The summed E-state index contributed by atoms with van der Waals surface area (Å²) in [5, 5.41) is 8.06. The van der Waals surface area contributed by atoms with Gasteiger partial charge in [-0.15, -0.1) is 0 Å². The summed E-state index contributed by atoms with van der Waals surface area (Å²) in [7, 11) is 0. The summed E-state index contributed by atoms with van der Waals surface area (Å²) in [5.74, 6) is 0. The average Bonchev–Trinajstić information content (AvgIpc) is 2.78. The van der Waals surface area contributed by atoms with E-state index in [-0.39, 0.29) is 0 Å². The Morgan fingerprint density at radius 1 is 1.29 bits per heavy atom. The molecule has 1 aliphatic heterocycles. The molecular weight excluding hydrogens is 196 g/mol. The number of piperidine rings is 1. The van der Waals surface area contributed by atoms with E-state index in [1.54, 1.807) is 17.5 Å². The second kappa shape index (κ2) is 3.24. The fraction of sp³-hybridized carbons (Fsp3) is 0.556. The van der Waals surface area contributed by atoms with Crippen molar-refractivity contribution < 1.29 is 0 Å². The van der Waals surface area contributed by atoms with Crippen LogP contribution in [0.3, 0.4) is 0 Å². The van der Waals surface area contributed by atoms with E-state index in [0.29, 0.717) is 0 Å². The molecule has 0 spiro atoms. The molecule has 0 bridgehead atoms. The molecule has 3 rings (SSSR count). The lowest BCUT2D eigenvalue weighted by atomic mass is 10.1. The molecule has 1 saturated heterocycles. The molecule has 2 aromatic rings. The van der Waals surface area contributed by atoms with Crippen LogP contribution >= 0.6 is 11.3 Å². The molecule has 74 valence electrons. The van der Waals surface area contributed by atoms with Crippen molar-refractivity contribution >= 4 is 26.8 Å². The standard InChI is InChI=1S/C9H12N4S/c1-2-4-13(5-3-1)9-11-7-6-10-12-8(7)14-9/h6H,1-5H2,(H,10,12). The molecule has 0 aliphatic carbocycles. The predicted octanol–water partition coefficient (Wildman–Crippen LogP) is 2.01. The second-order valence-electron chi connectivity index (χ2n) is 3.63. The molecule has 0 unspecified atom stereocenters. The van der Waals surface area contributed by atoms with E-state index in [1.165, 1.54) is 19.3 Å². The van der Waals surface area contributed by atoms with Crippen molar-refractivity contribution in [2.24, 2.45) is 0 Å². The lowest BCUT2D eigenvalue weighted by Gasteiger charge is -2.25. The van der Waals surface area contributed by atoms with Crippen molar-refractivity contribution in [1.29, 1.82) is 0 Å². The van der Waals surface area contributed by atoms with Crippen LogP contribution in [0.5, 0.6) is 0 Å². The minimum atomic E-state index is 0.996. The number of hydrogen-bond acceptors (Lipinski definition) is 4. The van der Waals surface area contributed by atoms with Crippen LogP contribution in [0.15, 0.2) is 6.20 Å². The van der Waals surface area contributed by atoms with E-state index in [2.05, 4.69) is 20.1 Å². The highest BCUT2D eigenvalue weighted by Gasteiger charge is 2.15. The Labute approximate surface area is 85.9 Å². The van der Waals surface area contributed by atoms with E-state index >= 15 is 0 Å². The van der Waals surface area contributed by atoms with Gasteiger partial charge in [0.25, 0.3) is 0 Å². The van der Waals surface area contributed by atoms with Crippen LogP contribution in [0.4, 0.5) is 5.13 Å². The zero-order valence-electron chi connectivity index (χ0n) is 7.86. The van der Waals surface area contributed by atoms with Crippen LogP contribution in [0.1, 0.15) is 19.3 Å². The summed E-state index contributed by atoms with van der Waals surface area (Å²) < 4.78 is 0. The quantitative estimate of drug-likeness (QED) is 0.779. The third-order valence-corrected chi connectivity index (χ3v) is 3.66. The Hall–Kier alpha value is -1.10. The number of anilines is 1. The number of fused-ring (bicyclic) bond motifs is 1. The van der Waals surface area contributed by atoms with Gasteiger partial charge >= 0.3 is 0 Å². The molecule has 3 heterocycles. The molecule has 5 heteroatoms. The van der Waals surface area contributed by atoms with Gasteiger partial charge in [-0.05, 0) is 19.3 Å². The second-order valence-corrected chi connectivity index (χ2v) is 4.61. The van der Waals surface area contributed by atoms with Crippen LogP contribution < -0.4 is 4.90 Å². The minimum absolute atomic E-state index is 0.996. The van der Waals surface area contributed by atoms with Crippen molar-refractivity contribution in [1.82, 2.24) is 15.2 Å². The first-order valence-electron chi connectivity index (χ1n) is 4.98. The first-order valence-corrected chi connectivity index (χ1v) is 5.80. The third-order valence-electron chi connectivity index (χ3n) is 2.62. The molecule has 0 atom stereocenters. The topological polar surface area (TPSA) is 44.8 Å². The number of hydrogen-bond donors (Lipinski definition) is 1. The zero-order chi connectivity index (χ0) is 9.38. The number of thiazole rings is 1. The normalized spacial score (nSPS) is 17.9. The van der Waals surface area contributed by atoms with E-state index in [4.69, 9.17) is 0 Å². The van der Waals surface area contributed by atoms with Crippen molar-refractivity contribution in [3.8, 4) is 0 Å². The Balaban J connectivity index is 1.92. The van der Waals surface area contributed by atoms with Gasteiger partial charge in [0, 0.05) is 13.1 Å². The summed E-state index contributed by atoms with van der Waals surface area (Å²) in [6, 6.07) is 0. The monoisotopic (exact) mass is 208 g/mol. The van der Waals surface area contributed by atoms with Crippen LogP contribution in [-0.2, 0) is 0 Å². The molecule has 0 aromatic carbocycles. The molecule has 2 aromatic heterocycles. The van der Waals surface area contributed by atoms with Crippen LogP contribution in [0, 0.1) is 0 Å². The maximum Gasteiger partial charge on any atom is 0.187 e. The largest absolute Gasteiger partial charge is 0.348 e. The highest BCUT2D eigenvalue weighted by atomic mass is 32.1. The number of aromatic nitrogens is 3. The van der Waals surface area contributed by atoms with Gasteiger partial charge in [0.1, 0.15) is 10.3 Å². The SMILES string of the molecule is c1n[nH]c2sc(N3CCCCC3)nc12. The summed E-state index contributed by atoms with van der Waals surface area (Å²) in [6.45, 7) is 2.31. The third kappa shape index (κ3) is 1.28. The van der Waals surface area contributed by atoms with Gasteiger partial charge in [0.15, 0.2) is 5.13 Å². The first kappa shape index (κ1) is 8.23. The Morgan fingerprint density at radius 2 is 2.14 bits per heavy atom. The molecule has 1 N–H and O–H groups in total. The molecule has 4 nitrogen and oxygen atoms in total. The van der Waals surface area contributed by atoms with Crippen molar-refractivity contribution in [3.05, 3.63) is 6.20 Å². The first-order chi connectivity index (χ1) is 6.93. The molecule has 0 amide bonds. The smallest absolute Gasteiger partial charge is 0.187 e.